The van der Waals surface area contributed by atoms with E-state index < -0.39 is 0 Å². The highest BCUT2D eigenvalue weighted by molar-refractivity contribution is 6.43. The van der Waals surface area contributed by atoms with Gasteiger partial charge in [0.1, 0.15) is 0 Å². The van der Waals surface area contributed by atoms with Crippen molar-refractivity contribution in [3.8, 4) is 33.4 Å². The van der Waals surface area contributed by atoms with E-state index in [1.807, 2.05) is 36.4 Å². The van der Waals surface area contributed by atoms with Gasteiger partial charge in [0.05, 0.1) is 10.0 Å². The molecule has 0 aliphatic heterocycles. The number of fused-ring (bicyclic) bond motifs is 2. The molecule has 2 heteroatoms. The van der Waals surface area contributed by atoms with Crippen LogP contribution in [0.15, 0.2) is 121 Å². The lowest BCUT2D eigenvalue weighted by atomic mass is 9.86. The topological polar surface area (TPSA) is 0 Å². The molecule has 0 radical (unpaired) electrons. The van der Waals surface area contributed by atoms with Gasteiger partial charge in [-0.2, -0.15) is 0 Å². The SMILES string of the molecule is Clc1c(-c2c(-c3ccccc3)cc3ccccc3c2Cl)c(-c2ccccc2)cc2ccccc12. The van der Waals surface area contributed by atoms with Crippen molar-refractivity contribution < 1.29 is 0 Å². The van der Waals surface area contributed by atoms with E-state index in [0.717, 1.165) is 54.9 Å². The third-order valence-corrected chi connectivity index (χ3v) is 7.18. The van der Waals surface area contributed by atoms with E-state index in [9.17, 15) is 0 Å². The lowest BCUT2D eigenvalue weighted by molar-refractivity contribution is 1.59. The highest BCUT2D eigenvalue weighted by atomic mass is 35.5. The number of rotatable bonds is 3. The third kappa shape index (κ3) is 3.47. The van der Waals surface area contributed by atoms with Crippen LogP contribution in [-0.4, -0.2) is 0 Å². The fourth-order valence-corrected chi connectivity index (χ4v) is 5.52. The maximum atomic E-state index is 7.26. The van der Waals surface area contributed by atoms with Crippen LogP contribution in [0, 0.1) is 0 Å². The van der Waals surface area contributed by atoms with Crippen molar-refractivity contribution in [2.75, 3.05) is 0 Å². The highest BCUT2D eigenvalue weighted by Gasteiger charge is 2.22. The summed E-state index contributed by atoms with van der Waals surface area (Å²) in [5.74, 6) is 0. The van der Waals surface area contributed by atoms with Gasteiger partial charge in [0.2, 0.25) is 0 Å². The molecular formula is C32H20Cl2. The first-order valence-corrected chi connectivity index (χ1v) is 12.0. The molecule has 0 fully saturated rings. The predicted molar refractivity (Wildman–Crippen MR) is 148 cm³/mol. The first-order valence-electron chi connectivity index (χ1n) is 11.3. The van der Waals surface area contributed by atoms with Crippen LogP contribution in [-0.2, 0) is 0 Å². The van der Waals surface area contributed by atoms with E-state index in [1.54, 1.807) is 0 Å². The second kappa shape index (κ2) is 8.65. The average molecular weight is 475 g/mol. The summed E-state index contributed by atoms with van der Waals surface area (Å²) in [4.78, 5) is 0. The molecule has 0 aliphatic rings. The van der Waals surface area contributed by atoms with Gasteiger partial charge in [0.15, 0.2) is 0 Å². The Morgan fingerprint density at radius 1 is 0.382 bits per heavy atom. The fourth-order valence-electron chi connectivity index (χ4n) is 4.79. The minimum Gasteiger partial charge on any atom is -0.0830 e. The van der Waals surface area contributed by atoms with E-state index in [2.05, 4.69) is 84.9 Å². The molecule has 0 aromatic heterocycles. The van der Waals surface area contributed by atoms with E-state index in [1.165, 1.54) is 0 Å². The fraction of sp³-hybridized carbons (Fsp3) is 0. The summed E-state index contributed by atoms with van der Waals surface area (Å²) >= 11 is 14.5. The summed E-state index contributed by atoms with van der Waals surface area (Å²) in [7, 11) is 0. The van der Waals surface area contributed by atoms with Crippen LogP contribution in [0.4, 0.5) is 0 Å². The Morgan fingerprint density at radius 3 is 1.15 bits per heavy atom. The molecule has 162 valence electrons. The molecule has 0 aliphatic carbocycles. The Labute approximate surface area is 209 Å². The molecule has 6 aromatic rings. The molecular weight excluding hydrogens is 455 g/mol. The lowest BCUT2D eigenvalue weighted by Crippen LogP contribution is -1.94. The summed E-state index contributed by atoms with van der Waals surface area (Å²) in [6.07, 6.45) is 0. The molecule has 34 heavy (non-hydrogen) atoms. The molecule has 0 spiro atoms. The van der Waals surface area contributed by atoms with Crippen molar-refractivity contribution in [1.82, 2.24) is 0 Å². The van der Waals surface area contributed by atoms with E-state index >= 15 is 0 Å². The molecule has 6 rings (SSSR count). The molecule has 0 unspecified atom stereocenters. The predicted octanol–water partition coefficient (Wildman–Crippen LogP) is 10.3. The molecule has 6 aromatic carbocycles. The zero-order valence-electron chi connectivity index (χ0n) is 18.3. The van der Waals surface area contributed by atoms with Crippen LogP contribution in [0.1, 0.15) is 0 Å². The van der Waals surface area contributed by atoms with E-state index in [0.29, 0.717) is 10.0 Å². The largest absolute Gasteiger partial charge is 0.0830 e. The maximum absolute atomic E-state index is 7.26. The molecule has 0 amide bonds. The van der Waals surface area contributed by atoms with Crippen LogP contribution in [0.5, 0.6) is 0 Å². The second-order valence-corrected chi connectivity index (χ2v) is 9.16. The standard InChI is InChI=1S/C32H20Cl2/c33-31-25-17-9-7-15-23(25)19-27(21-11-3-1-4-12-21)29(31)30-28(22-13-5-2-6-14-22)20-24-16-8-10-18-26(24)32(30)34/h1-20H. The summed E-state index contributed by atoms with van der Waals surface area (Å²) in [6, 6.07) is 41.8. The van der Waals surface area contributed by atoms with E-state index in [4.69, 9.17) is 23.2 Å². The van der Waals surface area contributed by atoms with E-state index in [-0.39, 0.29) is 0 Å². The second-order valence-electron chi connectivity index (χ2n) is 8.40. The molecule has 0 nitrogen and oxygen atoms in total. The number of halogens is 2. The van der Waals surface area contributed by atoms with Gasteiger partial charge >= 0.3 is 0 Å². The van der Waals surface area contributed by atoms with Crippen molar-refractivity contribution in [2.24, 2.45) is 0 Å². The van der Waals surface area contributed by atoms with Crippen molar-refractivity contribution in [2.45, 2.75) is 0 Å². The molecule has 0 N–H and O–H groups in total. The summed E-state index contributed by atoms with van der Waals surface area (Å²) < 4.78 is 0. The molecule has 0 heterocycles. The van der Waals surface area contributed by atoms with Gasteiger partial charge in [-0.15, -0.1) is 0 Å². The number of hydrogen-bond acceptors (Lipinski definition) is 0. The van der Waals surface area contributed by atoms with Crippen LogP contribution in [0.3, 0.4) is 0 Å². The van der Waals surface area contributed by atoms with Crippen molar-refractivity contribution >= 4 is 44.7 Å². The summed E-state index contributed by atoms with van der Waals surface area (Å²) in [5.41, 5.74) is 6.27. The molecule has 0 atom stereocenters. The Bertz CT molecular complexity index is 1530. The minimum absolute atomic E-state index is 0.714. The number of benzene rings is 6. The highest BCUT2D eigenvalue weighted by Crippen LogP contribution is 2.50. The lowest BCUT2D eigenvalue weighted by Gasteiger charge is -2.21. The molecule has 0 bridgehead atoms. The zero-order valence-corrected chi connectivity index (χ0v) is 19.8. The molecule has 0 saturated heterocycles. The first-order chi connectivity index (χ1) is 16.7. The first kappa shape index (κ1) is 21.0. The summed E-state index contributed by atoms with van der Waals surface area (Å²) in [6.45, 7) is 0. The van der Waals surface area contributed by atoms with Crippen molar-refractivity contribution in [1.29, 1.82) is 0 Å². The monoisotopic (exact) mass is 474 g/mol. The normalized spacial score (nSPS) is 11.2. The van der Waals surface area contributed by atoms with Crippen molar-refractivity contribution in [3.63, 3.8) is 0 Å². The van der Waals surface area contributed by atoms with Gasteiger partial charge in [-0.25, -0.2) is 0 Å². The zero-order chi connectivity index (χ0) is 23.1. The Morgan fingerprint density at radius 2 is 0.735 bits per heavy atom. The minimum atomic E-state index is 0.714. The van der Waals surface area contributed by atoms with Gasteiger partial charge in [0, 0.05) is 21.9 Å². The van der Waals surface area contributed by atoms with Crippen molar-refractivity contribution in [3.05, 3.63) is 131 Å². The Hall–Kier alpha value is -3.58. The van der Waals surface area contributed by atoms with Crippen LogP contribution in [0.2, 0.25) is 10.0 Å². The quantitative estimate of drug-likeness (QED) is 0.239. The third-order valence-electron chi connectivity index (χ3n) is 6.39. The smallest absolute Gasteiger partial charge is 0.0569 e. The van der Waals surface area contributed by atoms with Gasteiger partial charge in [-0.3, -0.25) is 0 Å². The Kier molecular flexibility index (Phi) is 5.34. The Balaban J connectivity index is 1.81. The number of hydrogen-bond donors (Lipinski definition) is 0. The van der Waals surface area contributed by atoms with Gasteiger partial charge in [-0.1, -0.05) is 132 Å². The summed E-state index contributed by atoms with van der Waals surface area (Å²) in [5, 5.41) is 5.67. The maximum Gasteiger partial charge on any atom is 0.0569 e. The van der Waals surface area contributed by atoms with Gasteiger partial charge in [-0.05, 0) is 45.2 Å². The van der Waals surface area contributed by atoms with Crippen LogP contribution in [0.25, 0.3) is 54.9 Å². The van der Waals surface area contributed by atoms with Crippen LogP contribution >= 0.6 is 23.2 Å². The van der Waals surface area contributed by atoms with Gasteiger partial charge < -0.3 is 0 Å². The van der Waals surface area contributed by atoms with Gasteiger partial charge in [0.25, 0.3) is 0 Å². The van der Waals surface area contributed by atoms with Crippen LogP contribution < -0.4 is 0 Å². The average Bonchev–Trinajstić information content (AvgIpc) is 2.90. The molecule has 0 saturated carbocycles.